The minimum Gasteiger partial charge on any atom is -0.331 e. The van der Waals surface area contributed by atoms with E-state index in [0.717, 1.165) is 19.0 Å². The number of nitrogens with zero attached hydrogens (tertiary/aromatic N) is 2. The Morgan fingerprint density at radius 1 is 1.40 bits per heavy atom. The molecule has 112 valence electrons. The number of hydrogen-bond donors (Lipinski definition) is 1. The average Bonchev–Trinajstić information content (AvgIpc) is 2.91. The summed E-state index contributed by atoms with van der Waals surface area (Å²) < 4.78 is 2.22. The summed E-state index contributed by atoms with van der Waals surface area (Å²) in [5, 5.41) is 3.59. The molecule has 1 N–H and O–H groups in total. The molecule has 3 heteroatoms. The Balaban J connectivity index is 2.15. The molecule has 0 aliphatic heterocycles. The van der Waals surface area contributed by atoms with Crippen molar-refractivity contribution in [1.82, 2.24) is 14.9 Å². The predicted molar refractivity (Wildman–Crippen MR) is 85.6 cm³/mol. The van der Waals surface area contributed by atoms with Crippen molar-refractivity contribution in [3.8, 4) is 0 Å². The second-order valence-corrected chi connectivity index (χ2v) is 6.19. The third-order valence-corrected chi connectivity index (χ3v) is 4.26. The molecule has 0 radical (unpaired) electrons. The second kappa shape index (κ2) is 7.63. The van der Waals surface area contributed by atoms with Crippen LogP contribution in [0.25, 0.3) is 6.08 Å². The Morgan fingerprint density at radius 3 is 2.80 bits per heavy atom. The molecule has 0 spiro atoms. The summed E-state index contributed by atoms with van der Waals surface area (Å²) in [7, 11) is 0. The fourth-order valence-electron chi connectivity index (χ4n) is 3.01. The first-order valence-corrected chi connectivity index (χ1v) is 8.14. The topological polar surface area (TPSA) is 29.9 Å². The van der Waals surface area contributed by atoms with Gasteiger partial charge >= 0.3 is 0 Å². The van der Waals surface area contributed by atoms with E-state index in [9.17, 15) is 0 Å². The Morgan fingerprint density at radius 2 is 2.15 bits per heavy atom. The van der Waals surface area contributed by atoms with E-state index < -0.39 is 0 Å². The van der Waals surface area contributed by atoms with E-state index in [1.54, 1.807) is 5.57 Å². The monoisotopic (exact) mass is 275 g/mol. The SMILES string of the molecule is CCn1cncc1/C=C(/CNC(C)C)C1CCCCC1. The van der Waals surface area contributed by atoms with Crippen molar-refractivity contribution in [3.05, 3.63) is 23.8 Å². The van der Waals surface area contributed by atoms with Gasteiger partial charge in [0.1, 0.15) is 0 Å². The molecule has 1 saturated carbocycles. The van der Waals surface area contributed by atoms with Crippen LogP contribution in [0.2, 0.25) is 0 Å². The molecule has 0 saturated heterocycles. The van der Waals surface area contributed by atoms with Crippen molar-refractivity contribution < 1.29 is 0 Å². The van der Waals surface area contributed by atoms with Gasteiger partial charge in [0, 0.05) is 19.1 Å². The number of hydrogen-bond acceptors (Lipinski definition) is 2. The van der Waals surface area contributed by atoms with Gasteiger partial charge in [-0.15, -0.1) is 0 Å². The summed E-state index contributed by atoms with van der Waals surface area (Å²) >= 11 is 0. The van der Waals surface area contributed by atoms with Crippen molar-refractivity contribution in [2.45, 2.75) is 65.5 Å². The van der Waals surface area contributed by atoms with Crippen LogP contribution >= 0.6 is 0 Å². The molecule has 0 atom stereocenters. The van der Waals surface area contributed by atoms with Crippen LogP contribution in [0.1, 0.15) is 58.6 Å². The molecule has 1 aliphatic rings. The van der Waals surface area contributed by atoms with Crippen LogP contribution in [-0.4, -0.2) is 22.1 Å². The minimum atomic E-state index is 0.540. The van der Waals surface area contributed by atoms with Crippen LogP contribution in [0.5, 0.6) is 0 Å². The van der Waals surface area contributed by atoms with E-state index in [1.807, 2.05) is 12.5 Å². The van der Waals surface area contributed by atoms with Crippen LogP contribution in [0.15, 0.2) is 18.1 Å². The van der Waals surface area contributed by atoms with Crippen LogP contribution in [0, 0.1) is 5.92 Å². The molecule has 1 aliphatic carbocycles. The van der Waals surface area contributed by atoms with Gasteiger partial charge in [-0.1, -0.05) is 38.7 Å². The smallest absolute Gasteiger partial charge is 0.0950 e. The highest BCUT2D eigenvalue weighted by atomic mass is 15.0. The highest BCUT2D eigenvalue weighted by Crippen LogP contribution is 2.30. The third kappa shape index (κ3) is 4.20. The van der Waals surface area contributed by atoms with Crippen LogP contribution < -0.4 is 5.32 Å². The molecule has 0 bridgehead atoms. The normalized spacial score (nSPS) is 17.9. The molecular formula is C17H29N3. The Kier molecular flexibility index (Phi) is 5.84. The second-order valence-electron chi connectivity index (χ2n) is 6.19. The Bertz CT molecular complexity index is 425. The van der Waals surface area contributed by atoms with Crippen molar-refractivity contribution in [3.63, 3.8) is 0 Å². The van der Waals surface area contributed by atoms with E-state index in [-0.39, 0.29) is 0 Å². The van der Waals surface area contributed by atoms with Gasteiger partial charge in [-0.3, -0.25) is 0 Å². The van der Waals surface area contributed by atoms with Gasteiger partial charge in [0.05, 0.1) is 18.2 Å². The first kappa shape index (κ1) is 15.3. The number of aryl methyl sites for hydroxylation is 1. The Hall–Kier alpha value is -1.09. The molecule has 20 heavy (non-hydrogen) atoms. The Labute approximate surface area is 123 Å². The first-order chi connectivity index (χ1) is 9.70. The molecule has 0 unspecified atom stereocenters. The van der Waals surface area contributed by atoms with Crippen molar-refractivity contribution in [2.24, 2.45) is 5.92 Å². The van der Waals surface area contributed by atoms with Gasteiger partial charge in [0.15, 0.2) is 0 Å². The van der Waals surface area contributed by atoms with E-state index >= 15 is 0 Å². The molecule has 0 aromatic carbocycles. The van der Waals surface area contributed by atoms with Crippen molar-refractivity contribution in [2.75, 3.05) is 6.54 Å². The number of nitrogens with one attached hydrogen (secondary N) is 1. The molecule has 1 aromatic rings. The van der Waals surface area contributed by atoms with Crippen LogP contribution in [-0.2, 0) is 6.54 Å². The van der Waals surface area contributed by atoms with Crippen LogP contribution in [0.3, 0.4) is 0 Å². The lowest BCUT2D eigenvalue weighted by Gasteiger charge is -2.25. The zero-order valence-electron chi connectivity index (χ0n) is 13.2. The maximum absolute atomic E-state index is 4.28. The molecule has 1 fully saturated rings. The summed E-state index contributed by atoms with van der Waals surface area (Å²) in [6.45, 7) is 8.61. The predicted octanol–water partition coefficient (Wildman–Crippen LogP) is 3.86. The van der Waals surface area contributed by atoms with E-state index in [1.165, 1.54) is 37.8 Å². The molecule has 1 aromatic heterocycles. The standard InChI is InChI=1S/C17H29N3/c1-4-20-13-18-12-17(20)10-16(11-19-14(2)3)15-8-6-5-7-9-15/h10,12-15,19H,4-9,11H2,1-3H3/b16-10-. The summed E-state index contributed by atoms with van der Waals surface area (Å²) in [6.07, 6.45) is 13.2. The van der Waals surface area contributed by atoms with Gasteiger partial charge in [0.2, 0.25) is 0 Å². The lowest BCUT2D eigenvalue weighted by molar-refractivity contribution is 0.394. The molecular weight excluding hydrogens is 246 g/mol. The summed E-state index contributed by atoms with van der Waals surface area (Å²) in [4.78, 5) is 4.28. The highest BCUT2D eigenvalue weighted by molar-refractivity contribution is 5.50. The fraction of sp³-hybridized carbons (Fsp3) is 0.706. The lowest BCUT2D eigenvalue weighted by atomic mass is 9.83. The summed E-state index contributed by atoms with van der Waals surface area (Å²) in [6, 6.07) is 0.540. The van der Waals surface area contributed by atoms with E-state index in [4.69, 9.17) is 0 Å². The van der Waals surface area contributed by atoms with Crippen molar-refractivity contribution >= 4 is 6.08 Å². The average molecular weight is 275 g/mol. The first-order valence-electron chi connectivity index (χ1n) is 8.14. The molecule has 3 nitrogen and oxygen atoms in total. The van der Waals surface area contributed by atoms with Gasteiger partial charge in [0.25, 0.3) is 0 Å². The highest BCUT2D eigenvalue weighted by Gasteiger charge is 2.18. The minimum absolute atomic E-state index is 0.540. The molecule has 0 amide bonds. The zero-order valence-corrected chi connectivity index (χ0v) is 13.2. The zero-order chi connectivity index (χ0) is 14.4. The molecule has 2 rings (SSSR count). The third-order valence-electron chi connectivity index (χ3n) is 4.26. The van der Waals surface area contributed by atoms with E-state index in [0.29, 0.717) is 6.04 Å². The molecule has 1 heterocycles. The number of rotatable bonds is 6. The summed E-state index contributed by atoms with van der Waals surface area (Å²) in [5.74, 6) is 0.759. The quantitative estimate of drug-likeness (QED) is 0.854. The van der Waals surface area contributed by atoms with Gasteiger partial charge in [-0.05, 0) is 31.8 Å². The van der Waals surface area contributed by atoms with Crippen LogP contribution in [0.4, 0.5) is 0 Å². The maximum atomic E-state index is 4.28. The maximum Gasteiger partial charge on any atom is 0.0950 e. The summed E-state index contributed by atoms with van der Waals surface area (Å²) in [5.41, 5.74) is 2.81. The lowest BCUT2D eigenvalue weighted by Crippen LogP contribution is -2.28. The number of aromatic nitrogens is 2. The van der Waals surface area contributed by atoms with Crippen molar-refractivity contribution in [1.29, 1.82) is 0 Å². The number of imidazole rings is 1. The van der Waals surface area contributed by atoms with E-state index in [2.05, 4.69) is 41.7 Å². The van der Waals surface area contributed by atoms with Gasteiger partial charge < -0.3 is 9.88 Å². The van der Waals surface area contributed by atoms with Gasteiger partial charge in [-0.25, -0.2) is 4.98 Å². The fourth-order valence-corrected chi connectivity index (χ4v) is 3.01. The van der Waals surface area contributed by atoms with Gasteiger partial charge in [-0.2, -0.15) is 0 Å². The largest absolute Gasteiger partial charge is 0.331 e.